The quantitative estimate of drug-likeness (QED) is 0.371. The smallest absolute Gasteiger partial charge is 0.338 e. The zero-order valence-electron chi connectivity index (χ0n) is 14.9. The predicted molar refractivity (Wildman–Crippen MR) is 102 cm³/mol. The standard InChI is InChI=1S/C21H20N2O4/c1-2-27-21(24)14-8-11-19-18(12-14)16-4-3-5-17(16)20(22-19)13-6-9-15(10-7-13)23(25)26/h3-4,6-12,16-17,20,22H,2,5H2,1H3. The van der Waals surface area contributed by atoms with Crippen LogP contribution in [0.1, 0.15) is 46.8 Å². The summed E-state index contributed by atoms with van der Waals surface area (Å²) in [7, 11) is 0. The molecule has 3 unspecified atom stereocenters. The Kier molecular flexibility index (Phi) is 4.39. The van der Waals surface area contributed by atoms with Crippen LogP contribution < -0.4 is 5.32 Å². The minimum Gasteiger partial charge on any atom is -0.462 e. The van der Waals surface area contributed by atoms with Crippen molar-refractivity contribution in [2.45, 2.75) is 25.3 Å². The molecule has 0 fully saturated rings. The van der Waals surface area contributed by atoms with E-state index in [9.17, 15) is 14.9 Å². The van der Waals surface area contributed by atoms with Crippen LogP contribution in [0.2, 0.25) is 0 Å². The van der Waals surface area contributed by atoms with Gasteiger partial charge in [-0.1, -0.05) is 24.3 Å². The molecule has 0 bridgehead atoms. The van der Waals surface area contributed by atoms with E-state index in [0.29, 0.717) is 18.1 Å². The van der Waals surface area contributed by atoms with Crippen molar-refractivity contribution in [1.82, 2.24) is 0 Å². The van der Waals surface area contributed by atoms with Crippen LogP contribution in [-0.4, -0.2) is 17.5 Å². The molecule has 1 heterocycles. The first-order valence-electron chi connectivity index (χ1n) is 9.07. The van der Waals surface area contributed by atoms with Crippen LogP contribution in [0.25, 0.3) is 0 Å². The number of nitro benzene ring substituents is 1. The summed E-state index contributed by atoms with van der Waals surface area (Å²) in [6, 6.07) is 12.4. The molecule has 0 radical (unpaired) electrons. The van der Waals surface area contributed by atoms with E-state index < -0.39 is 0 Å². The molecule has 3 atom stereocenters. The van der Waals surface area contributed by atoms with Gasteiger partial charge in [-0.3, -0.25) is 10.1 Å². The summed E-state index contributed by atoms with van der Waals surface area (Å²) in [6.07, 6.45) is 5.28. The van der Waals surface area contributed by atoms with E-state index in [1.165, 1.54) is 0 Å². The number of anilines is 1. The number of hydrogen-bond donors (Lipinski definition) is 1. The van der Waals surface area contributed by atoms with Gasteiger partial charge in [0.15, 0.2) is 0 Å². The maximum Gasteiger partial charge on any atom is 0.338 e. The number of nitrogens with one attached hydrogen (secondary N) is 1. The lowest BCUT2D eigenvalue weighted by Crippen LogP contribution is -2.29. The number of benzene rings is 2. The minimum atomic E-state index is -0.385. The number of esters is 1. The first kappa shape index (κ1) is 17.3. The Morgan fingerprint density at radius 1 is 1.26 bits per heavy atom. The van der Waals surface area contributed by atoms with Crippen LogP contribution in [0, 0.1) is 16.0 Å². The number of nitrogens with zero attached hydrogens (tertiary/aromatic N) is 1. The highest BCUT2D eigenvalue weighted by Crippen LogP contribution is 2.50. The maximum atomic E-state index is 12.1. The second-order valence-electron chi connectivity index (χ2n) is 6.85. The monoisotopic (exact) mass is 364 g/mol. The molecule has 1 aliphatic heterocycles. The van der Waals surface area contributed by atoms with E-state index in [1.54, 1.807) is 25.1 Å². The van der Waals surface area contributed by atoms with Gasteiger partial charge in [-0.05, 0) is 48.6 Å². The SMILES string of the molecule is CCOC(=O)c1ccc2c(c1)C1C=CCC1C(c1ccc([N+](=O)[O-])cc1)N2. The van der Waals surface area contributed by atoms with Gasteiger partial charge in [-0.25, -0.2) is 4.79 Å². The first-order chi connectivity index (χ1) is 13.1. The van der Waals surface area contributed by atoms with Gasteiger partial charge in [-0.2, -0.15) is 0 Å². The second-order valence-corrected chi connectivity index (χ2v) is 6.85. The number of allylic oxidation sites excluding steroid dienone is 2. The molecule has 1 N–H and O–H groups in total. The molecule has 0 aromatic heterocycles. The Hall–Kier alpha value is -3.15. The first-order valence-corrected chi connectivity index (χ1v) is 9.07. The van der Waals surface area contributed by atoms with Gasteiger partial charge < -0.3 is 10.1 Å². The molecule has 2 aromatic carbocycles. The van der Waals surface area contributed by atoms with Crippen LogP contribution in [0.4, 0.5) is 11.4 Å². The summed E-state index contributed by atoms with van der Waals surface area (Å²) in [5, 5.41) is 14.5. The van der Waals surface area contributed by atoms with E-state index in [2.05, 4.69) is 17.5 Å². The summed E-state index contributed by atoms with van der Waals surface area (Å²) >= 11 is 0. The van der Waals surface area contributed by atoms with Crippen molar-refractivity contribution in [1.29, 1.82) is 0 Å². The predicted octanol–water partition coefficient (Wildman–Crippen LogP) is 4.60. The lowest BCUT2D eigenvalue weighted by molar-refractivity contribution is -0.384. The van der Waals surface area contributed by atoms with Crippen molar-refractivity contribution in [2.24, 2.45) is 5.92 Å². The number of ether oxygens (including phenoxy) is 1. The number of rotatable bonds is 4. The van der Waals surface area contributed by atoms with Crippen molar-refractivity contribution in [3.05, 3.63) is 81.4 Å². The fourth-order valence-corrected chi connectivity index (χ4v) is 4.07. The fourth-order valence-electron chi connectivity index (χ4n) is 4.07. The van der Waals surface area contributed by atoms with Crippen LogP contribution in [0.3, 0.4) is 0 Å². The largest absolute Gasteiger partial charge is 0.462 e. The van der Waals surface area contributed by atoms with Gasteiger partial charge in [0, 0.05) is 23.7 Å². The number of carbonyl (C=O) groups is 1. The minimum absolute atomic E-state index is 0.0618. The molecular formula is C21H20N2O4. The highest BCUT2D eigenvalue weighted by molar-refractivity contribution is 5.90. The van der Waals surface area contributed by atoms with Crippen molar-refractivity contribution in [2.75, 3.05) is 11.9 Å². The topological polar surface area (TPSA) is 81.5 Å². The van der Waals surface area contributed by atoms with Gasteiger partial charge in [-0.15, -0.1) is 0 Å². The number of fused-ring (bicyclic) bond motifs is 3. The van der Waals surface area contributed by atoms with Crippen LogP contribution in [0.5, 0.6) is 0 Å². The maximum absolute atomic E-state index is 12.1. The highest BCUT2D eigenvalue weighted by Gasteiger charge is 2.38. The van der Waals surface area contributed by atoms with E-state index in [1.807, 2.05) is 24.3 Å². The second kappa shape index (κ2) is 6.87. The van der Waals surface area contributed by atoms with E-state index in [0.717, 1.165) is 23.2 Å². The average Bonchev–Trinajstić information content (AvgIpc) is 3.17. The zero-order valence-corrected chi connectivity index (χ0v) is 14.9. The number of hydrogen-bond acceptors (Lipinski definition) is 5. The van der Waals surface area contributed by atoms with Crippen LogP contribution in [0.15, 0.2) is 54.6 Å². The molecule has 4 rings (SSSR count). The molecule has 6 nitrogen and oxygen atoms in total. The van der Waals surface area contributed by atoms with Gasteiger partial charge in [0.1, 0.15) is 0 Å². The van der Waals surface area contributed by atoms with Crippen molar-refractivity contribution in [3.8, 4) is 0 Å². The van der Waals surface area contributed by atoms with Crippen molar-refractivity contribution < 1.29 is 14.5 Å². The average molecular weight is 364 g/mol. The Morgan fingerprint density at radius 3 is 2.74 bits per heavy atom. The highest BCUT2D eigenvalue weighted by atomic mass is 16.6. The molecule has 0 amide bonds. The van der Waals surface area contributed by atoms with E-state index >= 15 is 0 Å². The molecule has 2 aromatic rings. The van der Waals surface area contributed by atoms with Crippen molar-refractivity contribution >= 4 is 17.3 Å². The Bertz CT molecular complexity index is 920. The molecule has 27 heavy (non-hydrogen) atoms. The van der Waals surface area contributed by atoms with Gasteiger partial charge in [0.2, 0.25) is 0 Å². The molecule has 2 aliphatic rings. The Balaban J connectivity index is 1.68. The summed E-state index contributed by atoms with van der Waals surface area (Å²) in [5.41, 5.74) is 3.76. The van der Waals surface area contributed by atoms with Crippen LogP contribution >= 0.6 is 0 Å². The van der Waals surface area contributed by atoms with Gasteiger partial charge >= 0.3 is 5.97 Å². The normalized spacial score (nSPS) is 22.5. The Morgan fingerprint density at radius 2 is 2.04 bits per heavy atom. The third kappa shape index (κ3) is 3.07. The van der Waals surface area contributed by atoms with Gasteiger partial charge in [0.05, 0.1) is 23.1 Å². The number of carbonyl (C=O) groups excluding carboxylic acids is 1. The summed E-state index contributed by atoms with van der Waals surface area (Å²) < 4.78 is 5.12. The van der Waals surface area contributed by atoms with Crippen molar-refractivity contribution in [3.63, 3.8) is 0 Å². The number of nitro groups is 1. The summed E-state index contributed by atoms with van der Waals surface area (Å²) in [6.45, 7) is 2.14. The molecular weight excluding hydrogens is 344 g/mol. The molecule has 0 saturated heterocycles. The molecule has 6 heteroatoms. The Labute approximate surface area is 157 Å². The molecule has 0 saturated carbocycles. The van der Waals surface area contributed by atoms with Crippen LogP contribution in [-0.2, 0) is 4.74 Å². The van der Waals surface area contributed by atoms with Gasteiger partial charge in [0.25, 0.3) is 5.69 Å². The molecule has 0 spiro atoms. The van der Waals surface area contributed by atoms with E-state index in [4.69, 9.17) is 4.74 Å². The summed E-state index contributed by atoms with van der Waals surface area (Å²) in [4.78, 5) is 22.6. The zero-order chi connectivity index (χ0) is 19.0. The van der Waals surface area contributed by atoms with E-state index in [-0.39, 0.29) is 28.5 Å². The third-order valence-corrected chi connectivity index (χ3v) is 5.34. The fraction of sp³-hybridized carbons (Fsp3) is 0.286. The number of non-ortho nitro benzene ring substituents is 1. The molecule has 138 valence electrons. The summed E-state index contributed by atoms with van der Waals surface area (Å²) in [5.74, 6) is 0.198. The third-order valence-electron chi connectivity index (χ3n) is 5.34. The lowest BCUT2D eigenvalue weighted by atomic mass is 9.76. The molecule has 1 aliphatic carbocycles. The lowest BCUT2D eigenvalue weighted by Gasteiger charge is -2.37.